The molecule has 1 aromatic rings. The molecule has 1 aromatic carbocycles. The third-order valence-corrected chi connectivity index (χ3v) is 4.05. The summed E-state index contributed by atoms with van der Waals surface area (Å²) in [5, 5.41) is 0. The van der Waals surface area contributed by atoms with Crippen LogP contribution >= 0.6 is 0 Å². The van der Waals surface area contributed by atoms with E-state index in [0.29, 0.717) is 6.04 Å². The van der Waals surface area contributed by atoms with Gasteiger partial charge in [-0.25, -0.2) is 0 Å². The number of hydrogen-bond donors (Lipinski definition) is 0. The lowest BCUT2D eigenvalue weighted by Crippen LogP contribution is -2.45. The van der Waals surface area contributed by atoms with Crippen LogP contribution in [0.2, 0.25) is 0 Å². The minimum atomic E-state index is 0.262. The van der Waals surface area contributed by atoms with Gasteiger partial charge in [0.15, 0.2) is 0 Å². The van der Waals surface area contributed by atoms with E-state index in [0.717, 1.165) is 0 Å². The van der Waals surface area contributed by atoms with Gasteiger partial charge in [-0.15, -0.1) is 0 Å². The van der Waals surface area contributed by atoms with Crippen LogP contribution in [-0.4, -0.2) is 17.0 Å². The van der Waals surface area contributed by atoms with Crippen LogP contribution in [0.4, 0.5) is 0 Å². The first-order chi connectivity index (χ1) is 8.59. The molecule has 100 valence electrons. The summed E-state index contributed by atoms with van der Waals surface area (Å²) >= 11 is 0. The maximum atomic E-state index is 2.71. The molecule has 1 nitrogen and oxygen atoms in total. The van der Waals surface area contributed by atoms with E-state index in [4.69, 9.17) is 0 Å². The van der Waals surface area contributed by atoms with Gasteiger partial charge in [-0.1, -0.05) is 49.6 Å². The van der Waals surface area contributed by atoms with E-state index in [9.17, 15) is 0 Å². The van der Waals surface area contributed by atoms with E-state index < -0.39 is 0 Å². The lowest BCUT2D eigenvalue weighted by molar-refractivity contribution is 0.0659. The molecule has 0 saturated carbocycles. The van der Waals surface area contributed by atoms with Gasteiger partial charge in [0, 0.05) is 11.6 Å². The zero-order valence-corrected chi connectivity index (χ0v) is 12.2. The number of benzene rings is 1. The fourth-order valence-electron chi connectivity index (χ4n) is 3.11. The molecule has 0 aliphatic carbocycles. The molecule has 1 atom stereocenters. The van der Waals surface area contributed by atoms with Crippen molar-refractivity contribution in [2.45, 2.75) is 64.5 Å². The molecule has 1 fully saturated rings. The van der Waals surface area contributed by atoms with Crippen molar-refractivity contribution in [3.05, 3.63) is 35.9 Å². The fourth-order valence-corrected chi connectivity index (χ4v) is 3.11. The van der Waals surface area contributed by atoms with Crippen LogP contribution in [0, 0.1) is 0 Å². The molecule has 18 heavy (non-hydrogen) atoms. The predicted octanol–water partition coefficient (Wildman–Crippen LogP) is 4.79. The van der Waals surface area contributed by atoms with E-state index in [-0.39, 0.29) is 5.54 Å². The summed E-state index contributed by atoms with van der Waals surface area (Å²) in [6.45, 7) is 8.29. The van der Waals surface area contributed by atoms with Gasteiger partial charge in [0.2, 0.25) is 0 Å². The van der Waals surface area contributed by atoms with E-state index in [1.807, 2.05) is 0 Å². The Morgan fingerprint density at radius 1 is 0.944 bits per heavy atom. The fraction of sp³-hybridized carbons (Fsp3) is 0.647. The Labute approximate surface area is 112 Å². The summed E-state index contributed by atoms with van der Waals surface area (Å²) in [5.74, 6) is 0. The van der Waals surface area contributed by atoms with Crippen LogP contribution in [0.1, 0.15) is 64.5 Å². The summed E-state index contributed by atoms with van der Waals surface area (Å²) in [5.41, 5.74) is 1.76. The van der Waals surface area contributed by atoms with Crippen LogP contribution in [0.3, 0.4) is 0 Å². The van der Waals surface area contributed by atoms with Crippen molar-refractivity contribution < 1.29 is 0 Å². The Kier molecular flexibility index (Phi) is 4.45. The molecule has 1 saturated heterocycles. The minimum Gasteiger partial charge on any atom is -0.291 e. The van der Waals surface area contributed by atoms with Crippen LogP contribution in [-0.2, 0) is 0 Å². The molecule has 0 spiro atoms. The maximum absolute atomic E-state index is 2.71. The number of likely N-dealkylation sites (tertiary alicyclic amines) is 1. The number of rotatable bonds is 1. The number of nitrogens with zero attached hydrogens (tertiary/aromatic N) is 1. The van der Waals surface area contributed by atoms with Gasteiger partial charge >= 0.3 is 0 Å². The topological polar surface area (TPSA) is 3.24 Å². The highest BCUT2D eigenvalue weighted by molar-refractivity contribution is 5.19. The lowest BCUT2D eigenvalue weighted by atomic mass is 9.91. The van der Waals surface area contributed by atoms with E-state index in [2.05, 4.69) is 56.0 Å². The van der Waals surface area contributed by atoms with Crippen LogP contribution < -0.4 is 0 Å². The molecule has 1 heterocycles. The first kappa shape index (κ1) is 13.6. The maximum Gasteiger partial charge on any atom is 0.0353 e. The molecule has 1 unspecified atom stereocenters. The molecule has 2 rings (SSSR count). The SMILES string of the molecule is CC(C)(C)N1CCCCCCC1c1ccccc1. The van der Waals surface area contributed by atoms with E-state index >= 15 is 0 Å². The zero-order valence-electron chi connectivity index (χ0n) is 12.2. The second-order valence-corrected chi connectivity index (χ2v) is 6.49. The normalized spacial score (nSPS) is 23.4. The summed E-state index contributed by atoms with van der Waals surface area (Å²) in [4.78, 5) is 2.71. The van der Waals surface area contributed by atoms with Crippen molar-refractivity contribution in [3.8, 4) is 0 Å². The Morgan fingerprint density at radius 2 is 1.61 bits per heavy atom. The number of hydrogen-bond acceptors (Lipinski definition) is 1. The second kappa shape index (κ2) is 5.88. The van der Waals surface area contributed by atoms with Crippen molar-refractivity contribution in [1.29, 1.82) is 0 Å². The molecule has 1 aliphatic rings. The highest BCUT2D eigenvalue weighted by Crippen LogP contribution is 2.34. The third-order valence-electron chi connectivity index (χ3n) is 4.05. The Morgan fingerprint density at radius 3 is 2.28 bits per heavy atom. The molecule has 0 radical (unpaired) electrons. The minimum absolute atomic E-state index is 0.262. The van der Waals surface area contributed by atoms with Crippen LogP contribution in [0.15, 0.2) is 30.3 Å². The van der Waals surface area contributed by atoms with Crippen molar-refractivity contribution in [2.75, 3.05) is 6.54 Å². The van der Waals surface area contributed by atoms with Crippen LogP contribution in [0.25, 0.3) is 0 Å². The monoisotopic (exact) mass is 245 g/mol. The van der Waals surface area contributed by atoms with Gasteiger partial charge in [-0.3, -0.25) is 4.90 Å². The Hall–Kier alpha value is -0.820. The zero-order chi connectivity index (χ0) is 13.0. The molecule has 0 amide bonds. The van der Waals surface area contributed by atoms with Gasteiger partial charge < -0.3 is 0 Å². The predicted molar refractivity (Wildman–Crippen MR) is 78.7 cm³/mol. The van der Waals surface area contributed by atoms with E-state index in [1.165, 1.54) is 44.2 Å². The summed E-state index contributed by atoms with van der Waals surface area (Å²) < 4.78 is 0. The first-order valence-corrected chi connectivity index (χ1v) is 7.41. The Balaban J connectivity index is 2.25. The third kappa shape index (κ3) is 3.35. The molecule has 1 heteroatoms. The standard InChI is InChI=1S/C17H27N/c1-17(2,3)18-14-10-5-4-9-13-16(18)15-11-7-6-8-12-15/h6-8,11-12,16H,4-5,9-10,13-14H2,1-3H3. The van der Waals surface area contributed by atoms with E-state index in [1.54, 1.807) is 0 Å². The summed E-state index contributed by atoms with van der Waals surface area (Å²) in [7, 11) is 0. The molecule has 0 bridgehead atoms. The van der Waals surface area contributed by atoms with Crippen LogP contribution in [0.5, 0.6) is 0 Å². The first-order valence-electron chi connectivity index (χ1n) is 7.41. The van der Waals surface area contributed by atoms with Gasteiger partial charge in [0.25, 0.3) is 0 Å². The second-order valence-electron chi connectivity index (χ2n) is 6.49. The largest absolute Gasteiger partial charge is 0.291 e. The van der Waals surface area contributed by atoms with Crippen molar-refractivity contribution in [1.82, 2.24) is 4.90 Å². The van der Waals surface area contributed by atoms with Gasteiger partial charge in [-0.05, 0) is 45.7 Å². The van der Waals surface area contributed by atoms with Crippen molar-refractivity contribution in [3.63, 3.8) is 0 Å². The lowest BCUT2D eigenvalue weighted by Gasteiger charge is -2.43. The summed E-state index contributed by atoms with van der Waals surface area (Å²) in [6, 6.07) is 11.7. The van der Waals surface area contributed by atoms with Crippen molar-refractivity contribution in [2.24, 2.45) is 0 Å². The highest BCUT2D eigenvalue weighted by Gasteiger charge is 2.29. The smallest absolute Gasteiger partial charge is 0.0353 e. The average Bonchev–Trinajstić information content (AvgIpc) is 2.28. The Bertz CT molecular complexity index is 350. The summed E-state index contributed by atoms with van der Waals surface area (Å²) in [6.07, 6.45) is 6.82. The van der Waals surface area contributed by atoms with Gasteiger partial charge in [0.1, 0.15) is 0 Å². The quantitative estimate of drug-likeness (QED) is 0.687. The average molecular weight is 245 g/mol. The molecule has 0 N–H and O–H groups in total. The molecular formula is C17H27N. The molecule has 1 aliphatic heterocycles. The highest BCUT2D eigenvalue weighted by atomic mass is 15.2. The van der Waals surface area contributed by atoms with Gasteiger partial charge in [0.05, 0.1) is 0 Å². The van der Waals surface area contributed by atoms with Gasteiger partial charge in [-0.2, -0.15) is 0 Å². The van der Waals surface area contributed by atoms with Crippen molar-refractivity contribution >= 4 is 0 Å². The molecular weight excluding hydrogens is 218 g/mol. The molecule has 0 aromatic heterocycles.